The Morgan fingerprint density at radius 2 is 2.05 bits per heavy atom. The van der Waals surface area contributed by atoms with Crippen LogP contribution in [-0.2, 0) is 4.79 Å². The number of piperidine rings is 1. The lowest BCUT2D eigenvalue weighted by Crippen LogP contribution is -2.41. The van der Waals surface area contributed by atoms with Gasteiger partial charge in [-0.15, -0.1) is 0 Å². The predicted molar refractivity (Wildman–Crippen MR) is 79.6 cm³/mol. The second-order valence-electron chi connectivity index (χ2n) is 5.44. The fourth-order valence-electron chi connectivity index (χ4n) is 2.88. The second kappa shape index (κ2) is 5.32. The quantitative estimate of drug-likeness (QED) is 0.882. The average molecular weight is 275 g/mol. The van der Waals surface area contributed by atoms with Crippen molar-refractivity contribution < 1.29 is 9.53 Å². The number of likely N-dealkylation sites (N-methyl/N-ethyl adjacent to an activating group) is 1. The lowest BCUT2D eigenvalue weighted by Gasteiger charge is -2.34. The number of carbonyl (C=O) groups is 1. The van der Waals surface area contributed by atoms with E-state index in [0.717, 1.165) is 37.4 Å². The second-order valence-corrected chi connectivity index (χ2v) is 5.44. The van der Waals surface area contributed by atoms with Crippen molar-refractivity contribution in [3.63, 3.8) is 0 Å². The molecule has 1 amide bonds. The van der Waals surface area contributed by atoms with E-state index in [-0.39, 0.29) is 12.5 Å². The molecule has 1 aromatic carbocycles. The van der Waals surface area contributed by atoms with Gasteiger partial charge in [0.05, 0.1) is 5.69 Å². The molecule has 0 unspecified atom stereocenters. The Kier molecular flexibility index (Phi) is 3.53. The molecule has 1 aromatic rings. The van der Waals surface area contributed by atoms with Crippen LogP contribution in [0.2, 0.25) is 0 Å². The minimum atomic E-state index is 0.00328. The number of hydrogen-bond acceptors (Lipinski definition) is 4. The minimum Gasteiger partial charge on any atom is -0.482 e. The molecule has 0 atom stereocenters. The highest BCUT2D eigenvalue weighted by Gasteiger charge is 2.24. The monoisotopic (exact) mass is 275 g/mol. The molecule has 2 heterocycles. The Morgan fingerprint density at radius 1 is 1.30 bits per heavy atom. The Morgan fingerprint density at radius 3 is 2.75 bits per heavy atom. The standard InChI is InChI=1S/C15H21N3O2/c1-16-11-5-7-18(8-6-11)12-3-4-14-13(9-12)17(2)15(19)10-20-14/h3-4,9,11,16H,5-8,10H2,1-2H3. The lowest BCUT2D eigenvalue weighted by atomic mass is 10.0. The summed E-state index contributed by atoms with van der Waals surface area (Å²) in [6.07, 6.45) is 2.30. The summed E-state index contributed by atoms with van der Waals surface area (Å²) < 4.78 is 5.46. The van der Waals surface area contributed by atoms with Crippen molar-refractivity contribution in [3.05, 3.63) is 18.2 Å². The molecule has 3 rings (SSSR count). The van der Waals surface area contributed by atoms with Crippen LogP contribution in [-0.4, -0.2) is 45.7 Å². The molecule has 2 aliphatic heterocycles. The number of rotatable bonds is 2. The highest BCUT2D eigenvalue weighted by Crippen LogP contribution is 2.35. The molecule has 1 fully saturated rings. The predicted octanol–water partition coefficient (Wildman–Crippen LogP) is 1.23. The fraction of sp³-hybridized carbons (Fsp3) is 0.533. The number of hydrogen-bond donors (Lipinski definition) is 1. The molecule has 1 saturated heterocycles. The first-order chi connectivity index (χ1) is 9.69. The number of nitrogens with one attached hydrogen (secondary N) is 1. The van der Waals surface area contributed by atoms with Gasteiger partial charge in [0.1, 0.15) is 5.75 Å². The number of nitrogens with zero attached hydrogens (tertiary/aromatic N) is 2. The molecule has 0 saturated carbocycles. The SMILES string of the molecule is CNC1CCN(c2ccc3c(c2)N(C)C(=O)CO3)CC1. The zero-order chi connectivity index (χ0) is 14.1. The van der Waals surface area contributed by atoms with Crippen LogP contribution in [0.4, 0.5) is 11.4 Å². The van der Waals surface area contributed by atoms with Crippen LogP contribution in [0.25, 0.3) is 0 Å². The maximum Gasteiger partial charge on any atom is 0.264 e. The van der Waals surface area contributed by atoms with E-state index in [1.807, 2.05) is 13.1 Å². The van der Waals surface area contributed by atoms with E-state index in [0.29, 0.717) is 6.04 Å². The summed E-state index contributed by atoms with van der Waals surface area (Å²) >= 11 is 0. The third kappa shape index (κ3) is 2.33. The smallest absolute Gasteiger partial charge is 0.264 e. The maximum absolute atomic E-state index is 11.7. The van der Waals surface area contributed by atoms with Crippen LogP contribution in [0.1, 0.15) is 12.8 Å². The zero-order valence-electron chi connectivity index (χ0n) is 12.1. The average Bonchev–Trinajstić information content (AvgIpc) is 2.51. The number of benzene rings is 1. The summed E-state index contributed by atoms with van der Waals surface area (Å²) in [4.78, 5) is 15.8. The molecule has 2 aliphatic rings. The molecule has 0 aromatic heterocycles. The van der Waals surface area contributed by atoms with Crippen LogP contribution in [0.3, 0.4) is 0 Å². The molecule has 0 spiro atoms. The van der Waals surface area contributed by atoms with Gasteiger partial charge in [-0.05, 0) is 38.1 Å². The number of amides is 1. The van der Waals surface area contributed by atoms with Gasteiger partial charge in [-0.25, -0.2) is 0 Å². The topological polar surface area (TPSA) is 44.8 Å². The third-order valence-electron chi connectivity index (χ3n) is 4.30. The van der Waals surface area contributed by atoms with E-state index in [9.17, 15) is 4.79 Å². The van der Waals surface area contributed by atoms with Gasteiger partial charge in [0.15, 0.2) is 6.61 Å². The van der Waals surface area contributed by atoms with Gasteiger partial charge < -0.3 is 19.9 Å². The molecule has 108 valence electrons. The van der Waals surface area contributed by atoms with Crippen molar-refractivity contribution >= 4 is 17.3 Å². The molecule has 5 heteroatoms. The van der Waals surface area contributed by atoms with Gasteiger partial charge in [-0.2, -0.15) is 0 Å². The largest absolute Gasteiger partial charge is 0.482 e. The van der Waals surface area contributed by atoms with Crippen molar-refractivity contribution in [1.82, 2.24) is 5.32 Å². The first kappa shape index (κ1) is 13.2. The van der Waals surface area contributed by atoms with E-state index >= 15 is 0 Å². The highest BCUT2D eigenvalue weighted by atomic mass is 16.5. The first-order valence-corrected chi connectivity index (χ1v) is 7.14. The van der Waals surface area contributed by atoms with Gasteiger partial charge in [0, 0.05) is 31.9 Å². The van der Waals surface area contributed by atoms with Crippen LogP contribution in [0.15, 0.2) is 18.2 Å². The van der Waals surface area contributed by atoms with Crippen LogP contribution in [0, 0.1) is 0 Å². The molecule has 0 bridgehead atoms. The normalized spacial score (nSPS) is 19.8. The number of carbonyl (C=O) groups excluding carboxylic acids is 1. The Bertz CT molecular complexity index is 510. The summed E-state index contributed by atoms with van der Waals surface area (Å²) in [6, 6.07) is 6.74. The van der Waals surface area contributed by atoms with E-state index in [1.165, 1.54) is 5.69 Å². The number of anilines is 2. The van der Waals surface area contributed by atoms with Crippen molar-refractivity contribution in [2.24, 2.45) is 0 Å². The summed E-state index contributed by atoms with van der Waals surface area (Å²) in [5.74, 6) is 0.796. The molecule has 0 radical (unpaired) electrons. The minimum absolute atomic E-state index is 0.00328. The van der Waals surface area contributed by atoms with Gasteiger partial charge >= 0.3 is 0 Å². The molecule has 5 nitrogen and oxygen atoms in total. The number of ether oxygens (including phenoxy) is 1. The summed E-state index contributed by atoms with van der Waals surface area (Å²) in [5.41, 5.74) is 2.04. The fourth-order valence-corrected chi connectivity index (χ4v) is 2.88. The summed E-state index contributed by atoms with van der Waals surface area (Å²) in [5, 5.41) is 3.34. The zero-order valence-corrected chi connectivity index (χ0v) is 12.1. The molecule has 1 N–H and O–H groups in total. The third-order valence-corrected chi connectivity index (χ3v) is 4.30. The van der Waals surface area contributed by atoms with Gasteiger partial charge in [-0.1, -0.05) is 0 Å². The lowest BCUT2D eigenvalue weighted by molar-refractivity contribution is -0.120. The molecule has 0 aliphatic carbocycles. The van der Waals surface area contributed by atoms with Gasteiger partial charge in [0.25, 0.3) is 5.91 Å². The Labute approximate surface area is 119 Å². The summed E-state index contributed by atoms with van der Waals surface area (Å²) in [7, 11) is 3.83. The number of fused-ring (bicyclic) bond motifs is 1. The highest BCUT2D eigenvalue weighted by molar-refractivity contribution is 5.97. The first-order valence-electron chi connectivity index (χ1n) is 7.14. The van der Waals surface area contributed by atoms with Crippen LogP contribution < -0.4 is 19.9 Å². The van der Waals surface area contributed by atoms with Crippen molar-refractivity contribution in [1.29, 1.82) is 0 Å². The van der Waals surface area contributed by atoms with Gasteiger partial charge in [0.2, 0.25) is 0 Å². The van der Waals surface area contributed by atoms with E-state index in [2.05, 4.69) is 22.3 Å². The van der Waals surface area contributed by atoms with E-state index < -0.39 is 0 Å². The van der Waals surface area contributed by atoms with Gasteiger partial charge in [-0.3, -0.25) is 4.79 Å². The van der Waals surface area contributed by atoms with Crippen molar-refractivity contribution in [2.75, 3.05) is 43.6 Å². The molecule has 20 heavy (non-hydrogen) atoms. The molecular weight excluding hydrogens is 254 g/mol. The Balaban J connectivity index is 1.80. The maximum atomic E-state index is 11.7. The van der Waals surface area contributed by atoms with Crippen molar-refractivity contribution in [3.8, 4) is 5.75 Å². The Hall–Kier alpha value is -1.75. The van der Waals surface area contributed by atoms with Crippen LogP contribution in [0.5, 0.6) is 5.75 Å². The summed E-state index contributed by atoms with van der Waals surface area (Å²) in [6.45, 7) is 2.22. The van der Waals surface area contributed by atoms with E-state index in [4.69, 9.17) is 4.74 Å². The van der Waals surface area contributed by atoms with Crippen LogP contribution >= 0.6 is 0 Å². The van der Waals surface area contributed by atoms with Crippen molar-refractivity contribution in [2.45, 2.75) is 18.9 Å². The van der Waals surface area contributed by atoms with E-state index in [1.54, 1.807) is 11.9 Å². The molecular formula is C15H21N3O2.